The van der Waals surface area contributed by atoms with E-state index in [1.54, 1.807) is 0 Å². The monoisotopic (exact) mass is 375 g/mol. The molecule has 26 heavy (non-hydrogen) atoms. The SMILES string of the molecule is CC(CN)(CC(CCc1ccccc1)S(=O)O)c1cccc(C(N)N)c1. The number of rotatable bonds is 9. The molecule has 0 aromatic heterocycles. The zero-order valence-corrected chi connectivity index (χ0v) is 16.0. The zero-order valence-electron chi connectivity index (χ0n) is 15.2. The van der Waals surface area contributed by atoms with Crippen LogP contribution in [0.15, 0.2) is 54.6 Å². The van der Waals surface area contributed by atoms with Crippen molar-refractivity contribution in [2.45, 2.75) is 43.0 Å². The Balaban J connectivity index is 2.18. The van der Waals surface area contributed by atoms with Crippen molar-refractivity contribution in [1.82, 2.24) is 0 Å². The molecule has 7 N–H and O–H groups in total. The minimum atomic E-state index is -1.92. The molecule has 2 aromatic rings. The summed E-state index contributed by atoms with van der Waals surface area (Å²) in [5.41, 5.74) is 20.2. The molecule has 0 aliphatic rings. The topological polar surface area (TPSA) is 115 Å². The molecular weight excluding hydrogens is 346 g/mol. The molecule has 0 bridgehead atoms. The van der Waals surface area contributed by atoms with Crippen molar-refractivity contribution in [1.29, 1.82) is 0 Å². The normalized spacial score (nSPS) is 16.2. The summed E-state index contributed by atoms with van der Waals surface area (Å²) in [5.74, 6) is 0. The van der Waals surface area contributed by atoms with Crippen LogP contribution in [0.4, 0.5) is 0 Å². The van der Waals surface area contributed by atoms with Gasteiger partial charge in [-0.25, -0.2) is 4.21 Å². The molecule has 0 heterocycles. The average Bonchev–Trinajstić information content (AvgIpc) is 2.65. The molecule has 6 heteroatoms. The van der Waals surface area contributed by atoms with Crippen molar-refractivity contribution < 1.29 is 8.76 Å². The first-order valence-corrected chi connectivity index (χ1v) is 9.98. The average molecular weight is 376 g/mol. The Bertz CT molecular complexity index is 724. The highest BCUT2D eigenvalue weighted by Crippen LogP contribution is 2.32. The minimum absolute atomic E-state index is 0.362. The highest BCUT2D eigenvalue weighted by atomic mass is 32.2. The van der Waals surface area contributed by atoms with Gasteiger partial charge >= 0.3 is 0 Å². The summed E-state index contributed by atoms with van der Waals surface area (Å²) in [6.45, 7) is 2.39. The maximum atomic E-state index is 12.0. The van der Waals surface area contributed by atoms with Crippen molar-refractivity contribution in [3.8, 4) is 0 Å². The highest BCUT2D eigenvalue weighted by molar-refractivity contribution is 7.79. The zero-order chi connectivity index (χ0) is 19.2. The smallest absolute Gasteiger partial charge is 0.156 e. The number of hydrogen-bond donors (Lipinski definition) is 4. The summed E-state index contributed by atoms with van der Waals surface area (Å²) in [6.07, 6.45) is 1.34. The Morgan fingerprint density at radius 1 is 1.12 bits per heavy atom. The Morgan fingerprint density at radius 2 is 1.81 bits per heavy atom. The van der Waals surface area contributed by atoms with Crippen LogP contribution in [0.1, 0.15) is 42.6 Å². The Morgan fingerprint density at radius 3 is 2.38 bits per heavy atom. The molecule has 3 atom stereocenters. The fourth-order valence-corrected chi connectivity index (χ4v) is 4.02. The van der Waals surface area contributed by atoms with Gasteiger partial charge in [0.1, 0.15) is 0 Å². The summed E-state index contributed by atoms with van der Waals surface area (Å²) in [6, 6.07) is 17.7. The first kappa shape index (κ1) is 20.7. The number of nitrogens with two attached hydrogens (primary N) is 3. The van der Waals surface area contributed by atoms with E-state index in [1.165, 1.54) is 0 Å². The predicted molar refractivity (Wildman–Crippen MR) is 108 cm³/mol. The van der Waals surface area contributed by atoms with E-state index in [9.17, 15) is 8.76 Å². The second-order valence-electron chi connectivity index (χ2n) is 7.04. The lowest BCUT2D eigenvalue weighted by Gasteiger charge is -2.32. The van der Waals surface area contributed by atoms with E-state index in [-0.39, 0.29) is 5.25 Å². The van der Waals surface area contributed by atoms with E-state index < -0.39 is 22.7 Å². The van der Waals surface area contributed by atoms with Gasteiger partial charge in [0.25, 0.3) is 0 Å². The third-order valence-electron chi connectivity index (χ3n) is 4.98. The van der Waals surface area contributed by atoms with Crippen LogP contribution >= 0.6 is 0 Å². The van der Waals surface area contributed by atoms with Gasteiger partial charge in [-0.2, -0.15) is 0 Å². The lowest BCUT2D eigenvalue weighted by molar-refractivity contribution is 0.413. The van der Waals surface area contributed by atoms with Crippen molar-refractivity contribution in [2.75, 3.05) is 6.54 Å². The van der Waals surface area contributed by atoms with Gasteiger partial charge in [0.15, 0.2) is 11.1 Å². The van der Waals surface area contributed by atoms with E-state index in [0.717, 1.165) is 23.1 Å². The molecule has 2 rings (SSSR count). The Labute approximate surface area is 158 Å². The molecule has 0 spiro atoms. The van der Waals surface area contributed by atoms with Crippen LogP contribution in [0.25, 0.3) is 0 Å². The fourth-order valence-electron chi connectivity index (χ4n) is 3.19. The van der Waals surface area contributed by atoms with Crippen LogP contribution < -0.4 is 17.2 Å². The quantitative estimate of drug-likeness (QED) is 0.397. The van der Waals surface area contributed by atoms with Crippen molar-refractivity contribution in [2.24, 2.45) is 17.2 Å². The summed E-state index contributed by atoms with van der Waals surface area (Å²) in [4.78, 5) is 0. The number of hydrogen-bond acceptors (Lipinski definition) is 4. The molecule has 0 fully saturated rings. The van der Waals surface area contributed by atoms with Gasteiger partial charge < -0.3 is 21.8 Å². The molecule has 0 aliphatic heterocycles. The van der Waals surface area contributed by atoms with Crippen molar-refractivity contribution >= 4 is 11.1 Å². The van der Waals surface area contributed by atoms with Crippen LogP contribution in [-0.2, 0) is 22.9 Å². The van der Waals surface area contributed by atoms with Crippen LogP contribution in [-0.4, -0.2) is 20.6 Å². The Hall–Kier alpha value is -1.57. The van der Waals surface area contributed by atoms with Crippen LogP contribution in [0.2, 0.25) is 0 Å². The first-order valence-electron chi connectivity index (χ1n) is 8.81. The van der Waals surface area contributed by atoms with E-state index >= 15 is 0 Å². The van der Waals surface area contributed by atoms with Crippen LogP contribution in [0.3, 0.4) is 0 Å². The second kappa shape index (κ2) is 9.39. The molecule has 0 saturated carbocycles. The minimum Gasteiger partial charge on any atom is -0.330 e. The summed E-state index contributed by atoms with van der Waals surface area (Å²) >= 11 is -1.92. The summed E-state index contributed by atoms with van der Waals surface area (Å²) in [7, 11) is 0. The van der Waals surface area contributed by atoms with E-state index in [2.05, 4.69) is 0 Å². The fraction of sp³-hybridized carbons (Fsp3) is 0.400. The maximum absolute atomic E-state index is 12.0. The van der Waals surface area contributed by atoms with Gasteiger partial charge in [-0.1, -0.05) is 61.5 Å². The highest BCUT2D eigenvalue weighted by Gasteiger charge is 2.31. The largest absolute Gasteiger partial charge is 0.330 e. The lowest BCUT2D eigenvalue weighted by atomic mass is 9.77. The molecule has 0 saturated heterocycles. The first-order chi connectivity index (χ1) is 12.4. The van der Waals surface area contributed by atoms with Gasteiger partial charge in [-0.15, -0.1) is 0 Å². The predicted octanol–water partition coefficient (Wildman–Crippen LogP) is 2.43. The maximum Gasteiger partial charge on any atom is 0.156 e. The van der Waals surface area contributed by atoms with E-state index in [0.29, 0.717) is 19.4 Å². The molecule has 0 radical (unpaired) electrons. The Kier molecular flexibility index (Phi) is 7.49. The van der Waals surface area contributed by atoms with Crippen LogP contribution in [0, 0.1) is 0 Å². The summed E-state index contributed by atoms with van der Waals surface area (Å²) in [5, 5.41) is -0.362. The lowest BCUT2D eigenvalue weighted by Crippen LogP contribution is -2.37. The van der Waals surface area contributed by atoms with E-state index in [4.69, 9.17) is 17.2 Å². The van der Waals surface area contributed by atoms with Gasteiger partial charge in [-0.3, -0.25) is 0 Å². The molecule has 2 aromatic carbocycles. The molecule has 3 unspecified atom stereocenters. The summed E-state index contributed by atoms with van der Waals surface area (Å²) < 4.78 is 21.8. The van der Waals surface area contributed by atoms with Crippen molar-refractivity contribution in [3.05, 3.63) is 71.3 Å². The van der Waals surface area contributed by atoms with Gasteiger partial charge in [-0.05, 0) is 36.0 Å². The van der Waals surface area contributed by atoms with Crippen molar-refractivity contribution in [3.63, 3.8) is 0 Å². The van der Waals surface area contributed by atoms with Gasteiger partial charge in [0.2, 0.25) is 0 Å². The number of aryl methyl sites for hydroxylation is 1. The number of benzene rings is 2. The molecule has 0 amide bonds. The third-order valence-corrected chi connectivity index (χ3v) is 5.95. The molecule has 142 valence electrons. The van der Waals surface area contributed by atoms with E-state index in [1.807, 2.05) is 61.5 Å². The standard InChI is InChI=1S/C20H29N3O2S/c1-20(14-21,17-9-5-8-16(12-17)19(22)23)13-18(26(24)25)11-10-15-6-3-2-4-7-15/h2-9,12,18-19H,10-11,13-14,21-23H2,1H3,(H,24,25). The molecule has 5 nitrogen and oxygen atoms in total. The second-order valence-corrected chi connectivity index (χ2v) is 8.26. The molecule has 0 aliphatic carbocycles. The van der Waals surface area contributed by atoms with Crippen LogP contribution in [0.5, 0.6) is 0 Å². The third kappa shape index (κ3) is 5.46. The van der Waals surface area contributed by atoms with Gasteiger partial charge in [0, 0.05) is 12.0 Å². The van der Waals surface area contributed by atoms with Gasteiger partial charge in [0.05, 0.1) is 11.4 Å². The molecular formula is C20H29N3O2S.